The molecule has 1 fully saturated rings. The summed E-state index contributed by atoms with van der Waals surface area (Å²) in [6.07, 6.45) is 3.52. The van der Waals surface area contributed by atoms with Crippen molar-refractivity contribution in [3.63, 3.8) is 0 Å². The molecule has 7 heteroatoms. The van der Waals surface area contributed by atoms with Gasteiger partial charge in [0.25, 0.3) is 0 Å². The number of likely N-dealkylation sites (tertiary alicyclic amines) is 1. The third-order valence-corrected chi connectivity index (χ3v) is 5.10. The summed E-state index contributed by atoms with van der Waals surface area (Å²) in [6.45, 7) is 3.08. The molecule has 0 spiro atoms. The van der Waals surface area contributed by atoms with Crippen LogP contribution in [0, 0.1) is 11.7 Å². The minimum absolute atomic E-state index is 0.0493. The number of anilines is 1. The highest BCUT2D eigenvalue weighted by atomic mass is 32.1. The number of benzene rings is 1. The zero-order valence-corrected chi connectivity index (χ0v) is 14.2. The number of amides is 1. The zero-order valence-electron chi connectivity index (χ0n) is 13.4. The average Bonchev–Trinajstić information content (AvgIpc) is 2.99. The number of carbonyl (C=O) groups excluding carboxylic acids is 1. The lowest BCUT2D eigenvalue weighted by molar-refractivity contribution is -0.126. The molecule has 1 amide bonds. The van der Waals surface area contributed by atoms with Crippen molar-refractivity contribution in [1.82, 2.24) is 15.2 Å². The van der Waals surface area contributed by atoms with E-state index in [4.69, 9.17) is 5.73 Å². The number of piperidine rings is 1. The van der Waals surface area contributed by atoms with Gasteiger partial charge in [-0.1, -0.05) is 12.1 Å². The Morgan fingerprint density at radius 2 is 2.04 bits per heavy atom. The summed E-state index contributed by atoms with van der Waals surface area (Å²) in [5, 5.41) is 3.55. The highest BCUT2D eigenvalue weighted by Gasteiger charge is 2.25. The van der Waals surface area contributed by atoms with Crippen LogP contribution in [0.2, 0.25) is 0 Å². The van der Waals surface area contributed by atoms with Crippen LogP contribution in [-0.4, -0.2) is 28.9 Å². The van der Waals surface area contributed by atoms with Crippen LogP contribution in [0.5, 0.6) is 0 Å². The molecule has 1 aromatic carbocycles. The summed E-state index contributed by atoms with van der Waals surface area (Å²) in [7, 11) is 0. The highest BCUT2D eigenvalue weighted by molar-refractivity contribution is 7.15. The number of halogens is 1. The molecule has 24 heavy (non-hydrogen) atoms. The van der Waals surface area contributed by atoms with Crippen molar-refractivity contribution in [3.05, 3.63) is 46.7 Å². The number of hydrogen-bond acceptors (Lipinski definition) is 5. The zero-order chi connectivity index (χ0) is 16.9. The summed E-state index contributed by atoms with van der Waals surface area (Å²) in [6, 6.07) is 6.20. The quantitative estimate of drug-likeness (QED) is 0.870. The van der Waals surface area contributed by atoms with Crippen LogP contribution in [0.15, 0.2) is 30.5 Å². The minimum Gasteiger partial charge on any atom is -0.375 e. The molecular weight excluding hydrogens is 327 g/mol. The van der Waals surface area contributed by atoms with Gasteiger partial charge in [0.15, 0.2) is 5.13 Å². The van der Waals surface area contributed by atoms with E-state index in [-0.39, 0.29) is 17.6 Å². The molecule has 3 N–H and O–H groups in total. The molecule has 1 aromatic heterocycles. The Morgan fingerprint density at radius 1 is 1.33 bits per heavy atom. The van der Waals surface area contributed by atoms with E-state index in [1.54, 1.807) is 12.1 Å². The molecule has 0 unspecified atom stereocenters. The van der Waals surface area contributed by atoms with E-state index in [2.05, 4.69) is 15.2 Å². The number of thiazole rings is 1. The maximum absolute atomic E-state index is 12.9. The Kier molecular flexibility index (Phi) is 5.42. The van der Waals surface area contributed by atoms with Gasteiger partial charge in [0.2, 0.25) is 5.91 Å². The molecule has 1 saturated heterocycles. The molecule has 3 rings (SSSR count). The van der Waals surface area contributed by atoms with Crippen LogP contribution in [0.25, 0.3) is 0 Å². The van der Waals surface area contributed by atoms with Crippen LogP contribution in [-0.2, 0) is 17.9 Å². The molecule has 0 atom stereocenters. The Balaban J connectivity index is 1.42. The van der Waals surface area contributed by atoms with Gasteiger partial charge in [-0.25, -0.2) is 9.37 Å². The lowest BCUT2D eigenvalue weighted by Crippen LogP contribution is -2.39. The fraction of sp³-hybridized carbons (Fsp3) is 0.412. The molecule has 0 aliphatic carbocycles. The number of carbonyl (C=O) groups is 1. The fourth-order valence-electron chi connectivity index (χ4n) is 2.91. The van der Waals surface area contributed by atoms with Crippen molar-refractivity contribution in [2.45, 2.75) is 25.9 Å². The number of nitrogen functional groups attached to an aromatic ring is 1. The largest absolute Gasteiger partial charge is 0.375 e. The summed E-state index contributed by atoms with van der Waals surface area (Å²) in [5.74, 6) is -0.130. The normalized spacial score (nSPS) is 16.2. The van der Waals surface area contributed by atoms with Gasteiger partial charge in [-0.05, 0) is 43.6 Å². The molecule has 0 bridgehead atoms. The first-order valence-corrected chi connectivity index (χ1v) is 8.86. The van der Waals surface area contributed by atoms with Gasteiger partial charge in [-0.3, -0.25) is 9.69 Å². The molecule has 2 aromatic rings. The van der Waals surface area contributed by atoms with Crippen molar-refractivity contribution in [1.29, 1.82) is 0 Å². The number of nitrogens with zero attached hydrogens (tertiary/aromatic N) is 2. The second-order valence-electron chi connectivity index (χ2n) is 6.06. The van der Waals surface area contributed by atoms with Crippen molar-refractivity contribution in [2.75, 3.05) is 18.8 Å². The van der Waals surface area contributed by atoms with Crippen LogP contribution in [0.1, 0.15) is 23.3 Å². The molecule has 0 saturated carbocycles. The highest BCUT2D eigenvalue weighted by Crippen LogP contribution is 2.22. The van der Waals surface area contributed by atoms with Gasteiger partial charge in [0, 0.05) is 30.1 Å². The van der Waals surface area contributed by atoms with Crippen LogP contribution in [0.4, 0.5) is 9.52 Å². The third-order valence-electron chi connectivity index (χ3n) is 4.29. The Morgan fingerprint density at radius 3 is 2.67 bits per heavy atom. The topological polar surface area (TPSA) is 71.2 Å². The Labute approximate surface area is 144 Å². The fourth-order valence-corrected chi connectivity index (χ4v) is 3.63. The molecule has 1 aliphatic heterocycles. The first kappa shape index (κ1) is 16.9. The van der Waals surface area contributed by atoms with Gasteiger partial charge >= 0.3 is 0 Å². The van der Waals surface area contributed by atoms with Crippen molar-refractivity contribution >= 4 is 22.4 Å². The molecule has 128 valence electrons. The number of hydrogen-bond donors (Lipinski definition) is 2. The van der Waals surface area contributed by atoms with Crippen LogP contribution < -0.4 is 11.1 Å². The lowest BCUT2D eigenvalue weighted by Gasteiger charge is -2.30. The molecule has 0 radical (unpaired) electrons. The SMILES string of the molecule is Nc1ncc(CN2CCC(C(=O)NCc3ccc(F)cc3)CC2)s1. The van der Waals surface area contributed by atoms with E-state index in [1.165, 1.54) is 23.5 Å². The van der Waals surface area contributed by atoms with Gasteiger partial charge in [-0.2, -0.15) is 0 Å². The van der Waals surface area contributed by atoms with E-state index in [0.29, 0.717) is 11.7 Å². The predicted octanol–water partition coefficient (Wildman–Crippen LogP) is 2.39. The van der Waals surface area contributed by atoms with Gasteiger partial charge in [0.05, 0.1) is 0 Å². The Bertz CT molecular complexity index is 680. The van der Waals surface area contributed by atoms with Crippen LogP contribution in [0.3, 0.4) is 0 Å². The van der Waals surface area contributed by atoms with Gasteiger partial charge in [0.1, 0.15) is 5.82 Å². The van der Waals surface area contributed by atoms with E-state index < -0.39 is 0 Å². The van der Waals surface area contributed by atoms with Gasteiger partial charge < -0.3 is 11.1 Å². The summed E-state index contributed by atoms with van der Waals surface area (Å²) in [5.41, 5.74) is 6.56. The second kappa shape index (κ2) is 7.72. The van der Waals surface area contributed by atoms with Gasteiger partial charge in [-0.15, -0.1) is 11.3 Å². The number of nitrogens with two attached hydrogens (primary N) is 1. The minimum atomic E-state index is -0.264. The Hall–Kier alpha value is -1.99. The first-order valence-electron chi connectivity index (χ1n) is 8.05. The summed E-state index contributed by atoms with van der Waals surface area (Å²) >= 11 is 1.51. The molecule has 1 aliphatic rings. The van der Waals surface area contributed by atoms with E-state index in [1.807, 2.05) is 6.20 Å². The average molecular weight is 348 g/mol. The maximum atomic E-state index is 12.9. The smallest absolute Gasteiger partial charge is 0.223 e. The van der Waals surface area contributed by atoms with Crippen molar-refractivity contribution in [2.24, 2.45) is 5.92 Å². The van der Waals surface area contributed by atoms with Crippen molar-refractivity contribution < 1.29 is 9.18 Å². The third kappa shape index (κ3) is 4.52. The number of rotatable bonds is 5. The number of nitrogens with one attached hydrogen (secondary N) is 1. The molecule has 5 nitrogen and oxygen atoms in total. The molecule has 2 heterocycles. The number of aromatic nitrogens is 1. The summed E-state index contributed by atoms with van der Waals surface area (Å²) in [4.78, 5) is 19.8. The first-order chi connectivity index (χ1) is 11.6. The van der Waals surface area contributed by atoms with Crippen LogP contribution >= 0.6 is 11.3 Å². The van der Waals surface area contributed by atoms with E-state index in [0.717, 1.165) is 42.9 Å². The standard InChI is InChI=1S/C17H21FN4OS/c18-14-3-1-12(2-4-14)9-20-16(23)13-5-7-22(8-6-13)11-15-10-21-17(19)24-15/h1-4,10,13H,5-9,11H2,(H2,19,21)(H,20,23). The van der Waals surface area contributed by atoms with E-state index in [9.17, 15) is 9.18 Å². The molecular formula is C17H21FN4OS. The predicted molar refractivity (Wildman–Crippen MR) is 92.8 cm³/mol. The lowest BCUT2D eigenvalue weighted by atomic mass is 9.96. The van der Waals surface area contributed by atoms with E-state index >= 15 is 0 Å². The summed E-state index contributed by atoms with van der Waals surface area (Å²) < 4.78 is 12.9. The van der Waals surface area contributed by atoms with Crippen molar-refractivity contribution in [3.8, 4) is 0 Å². The maximum Gasteiger partial charge on any atom is 0.223 e. The monoisotopic (exact) mass is 348 g/mol. The second-order valence-corrected chi connectivity index (χ2v) is 7.21.